The second-order valence-corrected chi connectivity index (χ2v) is 7.23. The molecule has 2 atom stereocenters. The Labute approximate surface area is 159 Å². The van der Waals surface area contributed by atoms with Crippen LogP contribution in [-0.2, 0) is 24.5 Å². The van der Waals surface area contributed by atoms with E-state index in [-0.39, 0.29) is 36.7 Å². The molecule has 0 N–H and O–H groups in total. The van der Waals surface area contributed by atoms with Crippen molar-refractivity contribution >= 4 is 17.7 Å². The second kappa shape index (κ2) is 7.68. The van der Waals surface area contributed by atoms with Crippen molar-refractivity contribution < 1.29 is 23.9 Å². The third kappa shape index (κ3) is 3.43. The van der Waals surface area contributed by atoms with Crippen molar-refractivity contribution in [1.82, 2.24) is 9.80 Å². The SMILES string of the molecule is COc1ccccc1C1(CC(=O)N2CCCC(OC)C2)CC(=O)N(C)C1=O. The van der Waals surface area contributed by atoms with Gasteiger partial charge in [-0.25, -0.2) is 0 Å². The van der Waals surface area contributed by atoms with Gasteiger partial charge in [0.25, 0.3) is 0 Å². The van der Waals surface area contributed by atoms with Crippen LogP contribution in [0.15, 0.2) is 24.3 Å². The third-order valence-corrected chi connectivity index (χ3v) is 5.68. The maximum atomic E-state index is 13.1. The minimum Gasteiger partial charge on any atom is -0.496 e. The topological polar surface area (TPSA) is 76.2 Å². The van der Waals surface area contributed by atoms with Crippen LogP contribution in [0.1, 0.15) is 31.2 Å². The van der Waals surface area contributed by atoms with E-state index in [0.29, 0.717) is 24.4 Å². The molecule has 0 radical (unpaired) electrons. The molecule has 27 heavy (non-hydrogen) atoms. The fourth-order valence-corrected chi connectivity index (χ4v) is 4.10. The number of likely N-dealkylation sites (tertiary alicyclic amines) is 2. The molecule has 0 saturated carbocycles. The number of piperidine rings is 1. The van der Waals surface area contributed by atoms with Crippen molar-refractivity contribution in [3.63, 3.8) is 0 Å². The third-order valence-electron chi connectivity index (χ3n) is 5.68. The number of methoxy groups -OCH3 is 2. The van der Waals surface area contributed by atoms with E-state index >= 15 is 0 Å². The molecule has 0 bridgehead atoms. The van der Waals surface area contributed by atoms with Gasteiger partial charge in [0, 0.05) is 45.7 Å². The monoisotopic (exact) mass is 374 g/mol. The van der Waals surface area contributed by atoms with Crippen LogP contribution in [0.4, 0.5) is 0 Å². The Kier molecular flexibility index (Phi) is 5.51. The van der Waals surface area contributed by atoms with Gasteiger partial charge in [0.05, 0.1) is 18.6 Å². The largest absolute Gasteiger partial charge is 0.496 e. The number of hydrogen-bond acceptors (Lipinski definition) is 5. The van der Waals surface area contributed by atoms with Crippen LogP contribution in [0.25, 0.3) is 0 Å². The van der Waals surface area contributed by atoms with E-state index < -0.39 is 5.41 Å². The number of benzene rings is 1. The molecule has 2 aliphatic rings. The van der Waals surface area contributed by atoms with Crippen LogP contribution in [0.5, 0.6) is 5.75 Å². The average Bonchev–Trinajstić information content (AvgIpc) is 2.92. The summed E-state index contributed by atoms with van der Waals surface area (Å²) in [6, 6.07) is 7.11. The quantitative estimate of drug-likeness (QED) is 0.727. The molecule has 2 saturated heterocycles. The average molecular weight is 374 g/mol. The lowest BCUT2D eigenvalue weighted by molar-refractivity contribution is -0.142. The Morgan fingerprint density at radius 3 is 2.63 bits per heavy atom. The highest BCUT2D eigenvalue weighted by atomic mass is 16.5. The number of para-hydroxylation sites is 1. The summed E-state index contributed by atoms with van der Waals surface area (Å²) in [7, 11) is 4.63. The number of imide groups is 1. The Bertz CT molecular complexity index is 750. The number of carbonyl (C=O) groups is 3. The standard InChI is InChI=1S/C20H26N2O5/c1-21-17(23)11-20(19(21)25,15-8-4-5-9-16(15)27-3)12-18(24)22-10-6-7-14(13-22)26-2/h4-5,8-9,14H,6-7,10-13H2,1-3H3. The summed E-state index contributed by atoms with van der Waals surface area (Å²) in [6.45, 7) is 1.15. The van der Waals surface area contributed by atoms with Crippen LogP contribution >= 0.6 is 0 Å². The first kappa shape index (κ1) is 19.4. The smallest absolute Gasteiger partial charge is 0.240 e. The lowest BCUT2D eigenvalue weighted by Crippen LogP contribution is -2.47. The van der Waals surface area contributed by atoms with Crippen molar-refractivity contribution in [1.29, 1.82) is 0 Å². The molecule has 2 heterocycles. The first-order valence-electron chi connectivity index (χ1n) is 9.18. The molecule has 0 aromatic heterocycles. The molecule has 2 aliphatic heterocycles. The van der Waals surface area contributed by atoms with Gasteiger partial charge in [-0.05, 0) is 18.9 Å². The number of hydrogen-bond donors (Lipinski definition) is 0. The van der Waals surface area contributed by atoms with E-state index in [9.17, 15) is 14.4 Å². The van der Waals surface area contributed by atoms with Crippen LogP contribution < -0.4 is 4.74 Å². The highest BCUT2D eigenvalue weighted by molar-refractivity contribution is 6.10. The van der Waals surface area contributed by atoms with Crippen LogP contribution in [-0.4, -0.2) is 68.0 Å². The van der Waals surface area contributed by atoms with Gasteiger partial charge in [-0.15, -0.1) is 0 Å². The van der Waals surface area contributed by atoms with Gasteiger partial charge in [-0.2, -0.15) is 0 Å². The number of amides is 3. The number of carbonyl (C=O) groups excluding carboxylic acids is 3. The summed E-state index contributed by atoms with van der Waals surface area (Å²) in [5.41, 5.74) is -0.640. The number of likely N-dealkylation sites (N-methyl/N-ethyl adjacent to an activating group) is 1. The molecule has 2 fully saturated rings. The molecule has 1 aromatic rings. The van der Waals surface area contributed by atoms with Gasteiger partial charge < -0.3 is 14.4 Å². The van der Waals surface area contributed by atoms with Crippen molar-refractivity contribution in [2.75, 3.05) is 34.4 Å². The zero-order chi connectivity index (χ0) is 19.6. The molecule has 7 nitrogen and oxygen atoms in total. The van der Waals surface area contributed by atoms with Crippen molar-refractivity contribution in [2.45, 2.75) is 37.2 Å². The van der Waals surface area contributed by atoms with Crippen LogP contribution in [0.3, 0.4) is 0 Å². The fraction of sp³-hybridized carbons (Fsp3) is 0.550. The van der Waals surface area contributed by atoms with E-state index in [1.54, 1.807) is 36.3 Å². The Morgan fingerprint density at radius 2 is 2.00 bits per heavy atom. The van der Waals surface area contributed by atoms with Gasteiger partial charge in [0.2, 0.25) is 17.7 Å². The fourth-order valence-electron chi connectivity index (χ4n) is 4.10. The molecule has 0 spiro atoms. The van der Waals surface area contributed by atoms with E-state index in [1.807, 2.05) is 0 Å². The molecule has 1 aromatic carbocycles. The molecule has 0 aliphatic carbocycles. The normalized spacial score (nSPS) is 25.8. The minimum absolute atomic E-state index is 0.00787. The summed E-state index contributed by atoms with van der Waals surface area (Å²) >= 11 is 0. The van der Waals surface area contributed by atoms with Gasteiger partial charge in [0.1, 0.15) is 5.75 Å². The van der Waals surface area contributed by atoms with E-state index in [1.165, 1.54) is 14.2 Å². The Balaban J connectivity index is 1.96. The second-order valence-electron chi connectivity index (χ2n) is 7.23. The first-order chi connectivity index (χ1) is 12.9. The summed E-state index contributed by atoms with van der Waals surface area (Å²) in [5.74, 6) is -0.271. The maximum Gasteiger partial charge on any atom is 0.240 e. The lowest BCUT2D eigenvalue weighted by atomic mass is 9.75. The van der Waals surface area contributed by atoms with Crippen molar-refractivity contribution in [2.24, 2.45) is 0 Å². The summed E-state index contributed by atoms with van der Waals surface area (Å²) in [6.07, 6.45) is 1.69. The minimum atomic E-state index is -1.23. The van der Waals surface area contributed by atoms with Crippen molar-refractivity contribution in [3.05, 3.63) is 29.8 Å². The summed E-state index contributed by atoms with van der Waals surface area (Å²) in [4.78, 5) is 41.4. The molecule has 3 amide bonds. The highest BCUT2D eigenvalue weighted by Crippen LogP contribution is 2.43. The Hall–Kier alpha value is -2.41. The molecule has 146 valence electrons. The van der Waals surface area contributed by atoms with Gasteiger partial charge in [0.15, 0.2) is 0 Å². The number of ether oxygens (including phenoxy) is 2. The van der Waals surface area contributed by atoms with Crippen LogP contribution in [0.2, 0.25) is 0 Å². The highest BCUT2D eigenvalue weighted by Gasteiger charge is 2.54. The molecule has 3 rings (SSSR count). The molecular formula is C20H26N2O5. The van der Waals surface area contributed by atoms with E-state index in [2.05, 4.69) is 0 Å². The van der Waals surface area contributed by atoms with E-state index in [4.69, 9.17) is 9.47 Å². The van der Waals surface area contributed by atoms with Crippen LogP contribution in [0, 0.1) is 0 Å². The summed E-state index contributed by atoms with van der Waals surface area (Å²) in [5, 5.41) is 0. The molecular weight excluding hydrogens is 348 g/mol. The van der Waals surface area contributed by atoms with Crippen molar-refractivity contribution in [3.8, 4) is 5.75 Å². The van der Waals surface area contributed by atoms with Gasteiger partial charge in [-0.3, -0.25) is 19.3 Å². The maximum absolute atomic E-state index is 13.1. The van der Waals surface area contributed by atoms with E-state index in [0.717, 1.165) is 17.7 Å². The van der Waals surface area contributed by atoms with Gasteiger partial charge >= 0.3 is 0 Å². The van der Waals surface area contributed by atoms with Gasteiger partial charge in [-0.1, -0.05) is 18.2 Å². The Morgan fingerprint density at radius 1 is 1.26 bits per heavy atom. The molecule has 2 unspecified atom stereocenters. The molecule has 7 heteroatoms. The summed E-state index contributed by atoms with van der Waals surface area (Å²) < 4.78 is 10.8. The number of nitrogens with zero attached hydrogens (tertiary/aromatic N) is 2. The zero-order valence-corrected chi connectivity index (χ0v) is 16.1. The number of rotatable bonds is 5. The predicted molar refractivity (Wildman–Crippen MR) is 98.3 cm³/mol. The lowest BCUT2D eigenvalue weighted by Gasteiger charge is -2.35. The first-order valence-corrected chi connectivity index (χ1v) is 9.18. The zero-order valence-electron chi connectivity index (χ0n) is 16.1. The predicted octanol–water partition coefficient (Wildman–Crippen LogP) is 1.35.